The second kappa shape index (κ2) is 11.1. The van der Waals surface area contributed by atoms with Crippen molar-refractivity contribution < 1.29 is 24.2 Å². The molecule has 7 nitrogen and oxygen atoms in total. The van der Waals surface area contributed by atoms with Crippen molar-refractivity contribution in [2.24, 2.45) is 4.99 Å². The number of thioether (sulfide) groups is 1. The number of methoxy groups -OCH3 is 1. The molecule has 4 rings (SSSR count). The summed E-state index contributed by atoms with van der Waals surface area (Å²) in [6, 6.07) is 21.5. The summed E-state index contributed by atoms with van der Waals surface area (Å²) >= 11 is 1.29. The Bertz CT molecular complexity index is 1320. The number of nitrogens with zero attached hydrogens (tertiary/aromatic N) is 2. The summed E-state index contributed by atoms with van der Waals surface area (Å²) in [5.41, 5.74) is 2.52. The first-order valence-corrected chi connectivity index (χ1v) is 12.2. The van der Waals surface area contributed by atoms with Gasteiger partial charge in [0.25, 0.3) is 5.91 Å². The van der Waals surface area contributed by atoms with E-state index >= 15 is 0 Å². The highest BCUT2D eigenvalue weighted by atomic mass is 32.2. The third kappa shape index (κ3) is 5.95. The molecule has 0 bridgehead atoms. The summed E-state index contributed by atoms with van der Waals surface area (Å²) in [5.74, 6) is 0.0458. The minimum atomic E-state index is -0.994. The highest BCUT2D eigenvalue weighted by molar-refractivity contribution is 8.18. The van der Waals surface area contributed by atoms with Gasteiger partial charge >= 0.3 is 5.97 Å². The number of para-hydroxylation sites is 1. The molecule has 3 aromatic carbocycles. The van der Waals surface area contributed by atoms with Gasteiger partial charge < -0.3 is 14.6 Å². The molecule has 0 spiro atoms. The average molecular weight is 503 g/mol. The quantitative estimate of drug-likeness (QED) is 0.381. The molecule has 1 fully saturated rings. The Morgan fingerprint density at radius 1 is 1.06 bits per heavy atom. The lowest BCUT2D eigenvalue weighted by Gasteiger charge is -2.16. The molecule has 0 aromatic heterocycles. The Morgan fingerprint density at radius 2 is 1.78 bits per heavy atom. The summed E-state index contributed by atoms with van der Waals surface area (Å²) in [4.78, 5) is 31.5. The Balaban J connectivity index is 1.66. The minimum absolute atomic E-state index is 0.00458. The maximum absolute atomic E-state index is 13.5. The fourth-order valence-electron chi connectivity index (χ4n) is 3.56. The monoisotopic (exact) mass is 502 g/mol. The van der Waals surface area contributed by atoms with Crippen molar-refractivity contribution in [2.75, 3.05) is 7.11 Å². The molecule has 1 aliphatic rings. The van der Waals surface area contributed by atoms with E-state index in [1.54, 1.807) is 24.1 Å². The van der Waals surface area contributed by atoms with E-state index in [4.69, 9.17) is 19.6 Å². The molecular weight excluding hydrogens is 476 g/mol. The zero-order valence-corrected chi connectivity index (χ0v) is 21.0. The van der Waals surface area contributed by atoms with E-state index in [1.807, 2.05) is 68.5 Å². The van der Waals surface area contributed by atoms with E-state index in [0.29, 0.717) is 21.6 Å². The van der Waals surface area contributed by atoms with E-state index < -0.39 is 5.97 Å². The number of amides is 1. The minimum Gasteiger partial charge on any atom is -0.493 e. The zero-order chi connectivity index (χ0) is 25.7. The van der Waals surface area contributed by atoms with Crippen molar-refractivity contribution >= 4 is 40.6 Å². The zero-order valence-electron chi connectivity index (χ0n) is 20.2. The van der Waals surface area contributed by atoms with Crippen LogP contribution in [-0.2, 0) is 11.3 Å². The number of rotatable bonds is 8. The molecule has 1 amide bonds. The molecule has 3 aromatic rings. The Hall–Kier alpha value is -4.04. The molecule has 0 unspecified atom stereocenters. The number of aromatic carboxylic acids is 1. The second-order valence-electron chi connectivity index (χ2n) is 8.31. The maximum atomic E-state index is 13.5. The molecule has 0 saturated carbocycles. The van der Waals surface area contributed by atoms with Crippen molar-refractivity contribution in [3.63, 3.8) is 0 Å². The van der Waals surface area contributed by atoms with Crippen LogP contribution in [0.2, 0.25) is 0 Å². The fraction of sp³-hybridized carbons (Fsp3) is 0.179. The van der Waals surface area contributed by atoms with Crippen molar-refractivity contribution in [1.82, 2.24) is 4.90 Å². The van der Waals surface area contributed by atoms with Crippen molar-refractivity contribution in [3.05, 3.63) is 94.4 Å². The topological polar surface area (TPSA) is 88.4 Å². The van der Waals surface area contributed by atoms with E-state index in [0.717, 1.165) is 16.8 Å². The van der Waals surface area contributed by atoms with Crippen LogP contribution >= 0.6 is 11.8 Å². The lowest BCUT2D eigenvalue weighted by atomic mass is 10.1. The molecule has 1 saturated heterocycles. The van der Waals surface area contributed by atoms with Crippen molar-refractivity contribution in [1.29, 1.82) is 0 Å². The molecule has 8 heteroatoms. The van der Waals surface area contributed by atoms with Crippen LogP contribution in [0, 0.1) is 0 Å². The third-order valence-corrected chi connectivity index (χ3v) is 6.27. The van der Waals surface area contributed by atoms with Crippen LogP contribution in [0.4, 0.5) is 5.69 Å². The van der Waals surface area contributed by atoms with Crippen LogP contribution in [0.1, 0.15) is 35.3 Å². The van der Waals surface area contributed by atoms with E-state index in [1.165, 1.54) is 23.9 Å². The number of carbonyl (C=O) groups excluding carboxylic acids is 1. The van der Waals surface area contributed by atoms with Gasteiger partial charge in [-0.1, -0.05) is 36.4 Å². The molecule has 36 heavy (non-hydrogen) atoms. The predicted molar refractivity (Wildman–Crippen MR) is 142 cm³/mol. The first-order valence-electron chi connectivity index (χ1n) is 11.4. The SMILES string of the molecule is COc1cc(/C=C2\SC(=Nc3ccccc3)N(Cc3ccc(C(=O)O)cc3)C2=O)ccc1OC(C)C. The number of hydrogen-bond acceptors (Lipinski definition) is 6. The van der Waals surface area contributed by atoms with Gasteiger partial charge in [0.15, 0.2) is 16.7 Å². The van der Waals surface area contributed by atoms with E-state index in [2.05, 4.69) is 0 Å². The summed E-state index contributed by atoms with van der Waals surface area (Å²) in [5, 5.41) is 9.72. The van der Waals surface area contributed by atoms with Crippen LogP contribution in [0.3, 0.4) is 0 Å². The van der Waals surface area contributed by atoms with Crippen molar-refractivity contribution in [2.45, 2.75) is 26.5 Å². The number of carboxylic acids is 1. The number of benzene rings is 3. The maximum Gasteiger partial charge on any atom is 0.335 e. The Labute approximate surface area is 214 Å². The molecule has 1 heterocycles. The van der Waals surface area contributed by atoms with Crippen molar-refractivity contribution in [3.8, 4) is 11.5 Å². The number of carboxylic acid groups (broad SMARTS) is 1. The van der Waals surface area contributed by atoms with Crippen LogP contribution < -0.4 is 9.47 Å². The van der Waals surface area contributed by atoms with Crippen LogP contribution in [0.5, 0.6) is 11.5 Å². The number of hydrogen-bond donors (Lipinski definition) is 1. The van der Waals surface area contributed by atoms with Gasteiger partial charge in [0.2, 0.25) is 0 Å². The molecule has 184 valence electrons. The highest BCUT2D eigenvalue weighted by Gasteiger charge is 2.33. The highest BCUT2D eigenvalue weighted by Crippen LogP contribution is 2.37. The molecular formula is C28H26N2O5S. The van der Waals surface area contributed by atoms with Gasteiger partial charge in [0, 0.05) is 0 Å². The van der Waals surface area contributed by atoms with E-state index in [-0.39, 0.29) is 24.1 Å². The first kappa shape index (κ1) is 25.1. The van der Waals surface area contributed by atoms with Gasteiger partial charge in [0.05, 0.1) is 35.9 Å². The average Bonchev–Trinajstić information content (AvgIpc) is 3.14. The standard InChI is InChI=1S/C28H26N2O5S/c1-18(2)35-23-14-11-20(15-24(23)34-3)16-25-26(31)30(17-19-9-12-21(13-10-19)27(32)33)28(36-25)29-22-7-5-4-6-8-22/h4-16,18H,17H2,1-3H3,(H,32,33)/b25-16-,29-28?. The van der Waals surface area contributed by atoms with Crippen LogP contribution in [-0.4, -0.2) is 40.3 Å². The molecule has 0 aliphatic carbocycles. The van der Waals surface area contributed by atoms with E-state index in [9.17, 15) is 9.59 Å². The number of amidine groups is 1. The van der Waals surface area contributed by atoms with Crippen LogP contribution in [0.25, 0.3) is 6.08 Å². The lowest BCUT2D eigenvalue weighted by molar-refractivity contribution is -0.122. The summed E-state index contributed by atoms with van der Waals surface area (Å²) in [6.45, 7) is 4.15. The number of aliphatic imine (C=N–C) groups is 1. The molecule has 0 atom stereocenters. The van der Waals surface area contributed by atoms with Gasteiger partial charge in [-0.05, 0) is 79.2 Å². The van der Waals surface area contributed by atoms with Crippen LogP contribution in [0.15, 0.2) is 82.7 Å². The lowest BCUT2D eigenvalue weighted by Crippen LogP contribution is -2.28. The Kier molecular flexibility index (Phi) is 7.75. The second-order valence-corrected chi connectivity index (χ2v) is 9.32. The van der Waals surface area contributed by atoms with Gasteiger partial charge in [-0.15, -0.1) is 0 Å². The van der Waals surface area contributed by atoms with Gasteiger partial charge in [0.1, 0.15) is 0 Å². The molecule has 0 radical (unpaired) electrons. The van der Waals surface area contributed by atoms with Gasteiger partial charge in [-0.25, -0.2) is 9.79 Å². The fourth-order valence-corrected chi connectivity index (χ4v) is 4.55. The summed E-state index contributed by atoms with van der Waals surface area (Å²) < 4.78 is 11.3. The number of ether oxygens (including phenoxy) is 2. The summed E-state index contributed by atoms with van der Waals surface area (Å²) in [7, 11) is 1.58. The first-order chi connectivity index (χ1) is 17.3. The molecule has 1 N–H and O–H groups in total. The third-order valence-electron chi connectivity index (χ3n) is 5.26. The molecule has 1 aliphatic heterocycles. The van der Waals surface area contributed by atoms with Gasteiger partial charge in [-0.2, -0.15) is 0 Å². The van der Waals surface area contributed by atoms with Gasteiger partial charge in [-0.3, -0.25) is 9.69 Å². The Morgan fingerprint density at radius 3 is 2.42 bits per heavy atom. The predicted octanol–water partition coefficient (Wildman–Crippen LogP) is 5.98. The smallest absolute Gasteiger partial charge is 0.335 e. The largest absolute Gasteiger partial charge is 0.493 e. The normalized spacial score (nSPS) is 15.7. The summed E-state index contributed by atoms with van der Waals surface area (Å²) in [6.07, 6.45) is 1.81. The number of carbonyl (C=O) groups is 2.